The van der Waals surface area contributed by atoms with Crippen LogP contribution in [0.4, 0.5) is 4.39 Å². The van der Waals surface area contributed by atoms with Crippen LogP contribution in [-0.2, 0) is 0 Å². The van der Waals surface area contributed by atoms with Gasteiger partial charge < -0.3 is 5.11 Å². The molecule has 0 spiro atoms. The molecule has 1 aromatic carbocycles. The molecule has 1 N–H and O–H groups in total. The van der Waals surface area contributed by atoms with Gasteiger partial charge in [0.25, 0.3) is 0 Å². The van der Waals surface area contributed by atoms with Gasteiger partial charge in [0.15, 0.2) is 0 Å². The van der Waals surface area contributed by atoms with Gasteiger partial charge in [-0.05, 0) is 56.1 Å². The van der Waals surface area contributed by atoms with Crippen LogP contribution in [-0.4, -0.2) is 10.1 Å². The molecule has 0 bridgehead atoms. The molecule has 1 aromatic heterocycles. The molecule has 1 unspecified atom stereocenters. The van der Waals surface area contributed by atoms with Crippen molar-refractivity contribution in [3.05, 3.63) is 61.0 Å². The molecule has 94 valence electrons. The third-order valence-electron chi connectivity index (χ3n) is 2.35. The lowest BCUT2D eigenvalue weighted by Gasteiger charge is -2.13. The smallest absolute Gasteiger partial charge is 0.129 e. The quantitative estimate of drug-likeness (QED) is 0.742. The number of hydrogen-bond acceptors (Lipinski definition) is 2. The Morgan fingerprint density at radius 2 is 1.83 bits per heavy atom. The molecule has 2 rings (SSSR count). The van der Waals surface area contributed by atoms with E-state index >= 15 is 0 Å². The van der Waals surface area contributed by atoms with Crippen LogP contribution < -0.4 is 0 Å². The van der Waals surface area contributed by atoms with E-state index in [1.807, 2.05) is 0 Å². The monoisotopic (exact) mass is 437 g/mol. The largest absolute Gasteiger partial charge is 0.382 e. The lowest BCUT2D eigenvalue weighted by molar-refractivity contribution is 0.209. The maximum atomic E-state index is 13.7. The van der Waals surface area contributed by atoms with E-state index in [2.05, 4.69) is 52.8 Å². The van der Waals surface area contributed by atoms with E-state index < -0.39 is 11.9 Å². The first-order chi connectivity index (χ1) is 8.49. The molecule has 0 saturated carbocycles. The molecule has 0 saturated heterocycles. The lowest BCUT2D eigenvalue weighted by Crippen LogP contribution is -2.05. The number of aliphatic hydroxyl groups is 1. The number of nitrogens with zero attached hydrogens (tertiary/aromatic N) is 1. The van der Waals surface area contributed by atoms with Crippen molar-refractivity contribution in [2.24, 2.45) is 0 Å². The van der Waals surface area contributed by atoms with Crippen LogP contribution in [0.3, 0.4) is 0 Å². The Balaban J connectivity index is 2.47. The molecule has 0 aliphatic rings. The summed E-state index contributed by atoms with van der Waals surface area (Å²) < 4.78 is 15.8. The minimum Gasteiger partial charge on any atom is -0.382 e. The van der Waals surface area contributed by atoms with Crippen LogP contribution in [0.5, 0.6) is 0 Å². The molecule has 1 heterocycles. The standard InChI is InChI=1S/C12H7Br3FNO/c13-6-1-2-10(16)8(3-6)12(18)11-9(15)4-7(14)5-17-11/h1-5,12,18H. The highest BCUT2D eigenvalue weighted by Crippen LogP contribution is 2.31. The maximum Gasteiger partial charge on any atom is 0.129 e. The normalized spacial score (nSPS) is 12.5. The molecule has 18 heavy (non-hydrogen) atoms. The zero-order valence-electron chi connectivity index (χ0n) is 8.87. The van der Waals surface area contributed by atoms with Gasteiger partial charge in [-0.3, -0.25) is 4.98 Å². The summed E-state index contributed by atoms with van der Waals surface area (Å²) in [5.41, 5.74) is 0.551. The van der Waals surface area contributed by atoms with E-state index in [1.165, 1.54) is 12.1 Å². The van der Waals surface area contributed by atoms with Crippen molar-refractivity contribution < 1.29 is 9.50 Å². The Labute approximate surface area is 129 Å². The van der Waals surface area contributed by atoms with Crippen LogP contribution >= 0.6 is 47.8 Å². The maximum absolute atomic E-state index is 13.7. The van der Waals surface area contributed by atoms with Gasteiger partial charge in [0, 0.05) is 25.2 Å². The Morgan fingerprint density at radius 1 is 1.11 bits per heavy atom. The average molecular weight is 440 g/mol. The SMILES string of the molecule is OC(c1cc(Br)ccc1F)c1ncc(Br)cc1Br. The molecule has 6 heteroatoms. The second-order valence-corrected chi connectivity index (χ2v) is 6.27. The number of hydrogen-bond donors (Lipinski definition) is 1. The van der Waals surface area contributed by atoms with Gasteiger partial charge in [-0.2, -0.15) is 0 Å². The number of aliphatic hydroxyl groups excluding tert-OH is 1. The minimum atomic E-state index is -1.12. The molecular formula is C12H7Br3FNO. The molecule has 0 fully saturated rings. The van der Waals surface area contributed by atoms with Gasteiger partial charge in [0.2, 0.25) is 0 Å². The minimum absolute atomic E-state index is 0.180. The summed E-state index contributed by atoms with van der Waals surface area (Å²) in [6, 6.07) is 6.17. The van der Waals surface area contributed by atoms with Crippen LogP contribution in [0.2, 0.25) is 0 Å². The molecule has 0 amide bonds. The van der Waals surface area contributed by atoms with E-state index in [9.17, 15) is 9.50 Å². The van der Waals surface area contributed by atoms with Gasteiger partial charge in [-0.1, -0.05) is 15.9 Å². The molecule has 0 aliphatic heterocycles. The summed E-state index contributed by atoms with van der Waals surface area (Å²) in [7, 11) is 0. The second-order valence-electron chi connectivity index (χ2n) is 3.59. The van der Waals surface area contributed by atoms with E-state index in [0.29, 0.717) is 14.6 Å². The fourth-order valence-corrected chi connectivity index (χ4v) is 3.08. The number of pyridine rings is 1. The van der Waals surface area contributed by atoms with Crippen molar-refractivity contribution in [2.45, 2.75) is 6.10 Å². The highest BCUT2D eigenvalue weighted by atomic mass is 79.9. The zero-order valence-corrected chi connectivity index (χ0v) is 13.6. The summed E-state index contributed by atoms with van der Waals surface area (Å²) >= 11 is 9.82. The number of benzene rings is 1. The summed E-state index contributed by atoms with van der Waals surface area (Å²) in [6.07, 6.45) is 0.434. The topological polar surface area (TPSA) is 33.1 Å². The number of halogens is 4. The van der Waals surface area contributed by atoms with E-state index in [-0.39, 0.29) is 5.56 Å². The van der Waals surface area contributed by atoms with Crippen molar-refractivity contribution in [2.75, 3.05) is 0 Å². The molecule has 2 nitrogen and oxygen atoms in total. The third-order valence-corrected chi connectivity index (χ3v) is 3.91. The summed E-state index contributed by atoms with van der Waals surface area (Å²) in [5, 5.41) is 10.2. The Kier molecular flexibility index (Phi) is 4.53. The fourth-order valence-electron chi connectivity index (χ4n) is 1.50. The van der Waals surface area contributed by atoms with Crippen molar-refractivity contribution >= 4 is 47.8 Å². The molecule has 1 atom stereocenters. The number of aromatic nitrogens is 1. The first kappa shape index (κ1) is 14.1. The van der Waals surface area contributed by atoms with Crippen molar-refractivity contribution in [3.63, 3.8) is 0 Å². The van der Waals surface area contributed by atoms with Gasteiger partial charge >= 0.3 is 0 Å². The highest BCUT2D eigenvalue weighted by molar-refractivity contribution is 9.11. The van der Waals surface area contributed by atoms with Gasteiger partial charge in [-0.15, -0.1) is 0 Å². The predicted molar refractivity (Wildman–Crippen MR) is 77.8 cm³/mol. The van der Waals surface area contributed by atoms with Crippen LogP contribution in [0.1, 0.15) is 17.4 Å². The van der Waals surface area contributed by atoms with Crippen LogP contribution in [0.15, 0.2) is 43.9 Å². The van der Waals surface area contributed by atoms with Crippen molar-refractivity contribution in [3.8, 4) is 0 Å². The van der Waals surface area contributed by atoms with Crippen LogP contribution in [0, 0.1) is 5.82 Å². The lowest BCUT2D eigenvalue weighted by atomic mass is 10.1. The van der Waals surface area contributed by atoms with E-state index in [0.717, 1.165) is 4.47 Å². The summed E-state index contributed by atoms with van der Waals surface area (Å²) in [6.45, 7) is 0. The molecule has 0 radical (unpaired) electrons. The van der Waals surface area contributed by atoms with Gasteiger partial charge in [0.1, 0.15) is 11.9 Å². The van der Waals surface area contributed by atoms with Crippen LogP contribution in [0.25, 0.3) is 0 Å². The summed E-state index contributed by atoms with van der Waals surface area (Å²) in [4.78, 5) is 4.10. The first-order valence-corrected chi connectivity index (χ1v) is 7.31. The van der Waals surface area contributed by atoms with E-state index in [4.69, 9.17) is 0 Å². The summed E-state index contributed by atoms with van der Waals surface area (Å²) in [5.74, 6) is -0.470. The van der Waals surface area contributed by atoms with Crippen molar-refractivity contribution in [1.82, 2.24) is 4.98 Å². The second kappa shape index (κ2) is 5.77. The van der Waals surface area contributed by atoms with Crippen molar-refractivity contribution in [1.29, 1.82) is 0 Å². The Hall–Kier alpha value is -0.300. The predicted octanol–water partition coefficient (Wildman–Crippen LogP) is 4.59. The molecule has 0 aliphatic carbocycles. The van der Waals surface area contributed by atoms with E-state index in [1.54, 1.807) is 18.3 Å². The number of rotatable bonds is 2. The molecular weight excluding hydrogens is 433 g/mol. The van der Waals surface area contributed by atoms with Gasteiger partial charge in [0.05, 0.1) is 5.69 Å². The zero-order chi connectivity index (χ0) is 13.3. The fraction of sp³-hybridized carbons (Fsp3) is 0.0833. The van der Waals surface area contributed by atoms with Gasteiger partial charge in [-0.25, -0.2) is 4.39 Å². The highest BCUT2D eigenvalue weighted by Gasteiger charge is 2.19. The Bertz CT molecular complexity index is 592. The Morgan fingerprint density at radius 3 is 2.50 bits per heavy atom. The first-order valence-electron chi connectivity index (χ1n) is 4.93. The molecule has 2 aromatic rings. The third kappa shape index (κ3) is 2.99. The average Bonchev–Trinajstić information content (AvgIpc) is 2.31.